The van der Waals surface area contributed by atoms with Gasteiger partial charge in [-0.05, 0) is 18.2 Å². The number of benzene rings is 2. The van der Waals surface area contributed by atoms with E-state index in [-0.39, 0.29) is 22.9 Å². The quantitative estimate of drug-likeness (QED) is 0.682. The standard InChI is InChI=1S/C13H9ClF2N2O2/c14-9-2-1-8(13(16)3-9)7-17-11-4-10(15)5-12(6-11)18(19)20/h1-6,17H,7H2. The topological polar surface area (TPSA) is 55.2 Å². The van der Waals surface area contributed by atoms with Crippen LogP contribution in [-0.2, 0) is 6.54 Å². The minimum Gasteiger partial charge on any atom is -0.381 e. The number of rotatable bonds is 4. The summed E-state index contributed by atoms with van der Waals surface area (Å²) in [6.45, 7) is 0.0591. The van der Waals surface area contributed by atoms with Gasteiger partial charge >= 0.3 is 0 Å². The van der Waals surface area contributed by atoms with Crippen LogP contribution in [0.4, 0.5) is 20.2 Å². The van der Waals surface area contributed by atoms with E-state index in [9.17, 15) is 18.9 Å². The first-order chi connectivity index (χ1) is 9.45. The molecule has 0 fully saturated rings. The van der Waals surface area contributed by atoms with E-state index in [0.717, 1.165) is 18.2 Å². The van der Waals surface area contributed by atoms with Crippen molar-refractivity contribution in [3.05, 3.63) is 68.7 Å². The lowest BCUT2D eigenvalue weighted by molar-refractivity contribution is -0.385. The molecule has 0 radical (unpaired) electrons. The third-order valence-corrected chi connectivity index (χ3v) is 2.83. The van der Waals surface area contributed by atoms with Crippen LogP contribution in [0.2, 0.25) is 5.02 Å². The monoisotopic (exact) mass is 298 g/mol. The fourth-order valence-electron chi connectivity index (χ4n) is 1.64. The third-order valence-electron chi connectivity index (χ3n) is 2.59. The van der Waals surface area contributed by atoms with E-state index in [1.807, 2.05) is 0 Å². The predicted molar refractivity (Wildman–Crippen MR) is 71.8 cm³/mol. The van der Waals surface area contributed by atoms with Gasteiger partial charge in [0.15, 0.2) is 0 Å². The highest BCUT2D eigenvalue weighted by Crippen LogP contribution is 2.21. The lowest BCUT2D eigenvalue weighted by Crippen LogP contribution is -2.02. The van der Waals surface area contributed by atoms with E-state index in [1.165, 1.54) is 18.2 Å². The molecule has 2 aromatic rings. The van der Waals surface area contributed by atoms with Gasteiger partial charge in [-0.3, -0.25) is 10.1 Å². The Labute approximate surface area is 118 Å². The van der Waals surface area contributed by atoms with Crippen molar-refractivity contribution in [2.24, 2.45) is 0 Å². The second kappa shape index (κ2) is 5.83. The summed E-state index contributed by atoms with van der Waals surface area (Å²) >= 11 is 5.63. The number of hydrogen-bond donors (Lipinski definition) is 1. The second-order valence-electron chi connectivity index (χ2n) is 4.04. The van der Waals surface area contributed by atoms with Crippen molar-refractivity contribution < 1.29 is 13.7 Å². The van der Waals surface area contributed by atoms with Gasteiger partial charge in [0.25, 0.3) is 5.69 Å². The van der Waals surface area contributed by atoms with Crippen LogP contribution in [0.25, 0.3) is 0 Å². The van der Waals surface area contributed by atoms with Crippen LogP contribution < -0.4 is 5.32 Å². The number of hydrogen-bond acceptors (Lipinski definition) is 3. The van der Waals surface area contributed by atoms with Gasteiger partial charge in [-0.1, -0.05) is 17.7 Å². The van der Waals surface area contributed by atoms with Crippen LogP contribution in [0, 0.1) is 21.7 Å². The smallest absolute Gasteiger partial charge is 0.274 e. The Morgan fingerprint density at radius 3 is 2.60 bits per heavy atom. The van der Waals surface area contributed by atoms with E-state index in [2.05, 4.69) is 5.32 Å². The Morgan fingerprint density at radius 2 is 1.95 bits per heavy atom. The molecule has 0 saturated heterocycles. The average Bonchev–Trinajstić information content (AvgIpc) is 2.37. The summed E-state index contributed by atoms with van der Waals surface area (Å²) in [5.74, 6) is -1.24. The maximum absolute atomic E-state index is 13.5. The van der Waals surface area contributed by atoms with Crippen molar-refractivity contribution in [3.63, 3.8) is 0 Å². The molecule has 0 heterocycles. The maximum atomic E-state index is 13.5. The molecule has 0 aromatic heterocycles. The third kappa shape index (κ3) is 3.42. The van der Waals surface area contributed by atoms with Gasteiger partial charge in [-0.15, -0.1) is 0 Å². The van der Waals surface area contributed by atoms with Crippen molar-refractivity contribution in [1.29, 1.82) is 0 Å². The van der Waals surface area contributed by atoms with Crippen LogP contribution in [0.1, 0.15) is 5.56 Å². The van der Waals surface area contributed by atoms with Crippen molar-refractivity contribution in [3.8, 4) is 0 Å². The van der Waals surface area contributed by atoms with E-state index in [1.54, 1.807) is 0 Å². The molecule has 4 nitrogen and oxygen atoms in total. The van der Waals surface area contributed by atoms with Gasteiger partial charge in [0.05, 0.1) is 11.0 Å². The molecule has 0 aliphatic carbocycles. The summed E-state index contributed by atoms with van der Waals surface area (Å²) in [5.41, 5.74) is 0.149. The average molecular weight is 299 g/mol. The molecule has 7 heteroatoms. The van der Waals surface area contributed by atoms with Gasteiger partial charge < -0.3 is 5.32 Å². The van der Waals surface area contributed by atoms with Gasteiger partial charge in [0.2, 0.25) is 0 Å². The van der Waals surface area contributed by atoms with Crippen molar-refractivity contribution in [2.75, 3.05) is 5.32 Å². The molecule has 0 aliphatic heterocycles. The van der Waals surface area contributed by atoms with E-state index < -0.39 is 16.6 Å². The number of non-ortho nitro benzene ring substituents is 1. The van der Waals surface area contributed by atoms with Gasteiger partial charge in [-0.25, -0.2) is 8.78 Å². The summed E-state index contributed by atoms with van der Waals surface area (Å²) in [6, 6.07) is 7.26. The molecule has 0 unspecified atom stereocenters. The lowest BCUT2D eigenvalue weighted by atomic mass is 10.2. The van der Waals surface area contributed by atoms with Crippen molar-refractivity contribution in [1.82, 2.24) is 0 Å². The summed E-state index contributed by atoms with van der Waals surface area (Å²) in [4.78, 5) is 9.91. The molecule has 0 atom stereocenters. The Bertz CT molecular complexity index is 665. The van der Waals surface area contributed by atoms with E-state index >= 15 is 0 Å². The number of nitro groups is 1. The van der Waals surface area contributed by atoms with Crippen molar-refractivity contribution >= 4 is 23.0 Å². The summed E-state index contributed by atoms with van der Waals surface area (Å²) < 4.78 is 26.7. The zero-order valence-corrected chi connectivity index (χ0v) is 10.8. The Kier molecular flexibility index (Phi) is 4.14. The molecule has 20 heavy (non-hydrogen) atoms. The summed E-state index contributed by atoms with van der Waals surface area (Å²) in [5, 5.41) is 13.6. The molecule has 0 aliphatic rings. The molecular weight excluding hydrogens is 290 g/mol. The first-order valence-corrected chi connectivity index (χ1v) is 5.96. The zero-order valence-electron chi connectivity index (χ0n) is 10.1. The molecule has 0 saturated carbocycles. The first kappa shape index (κ1) is 14.2. The second-order valence-corrected chi connectivity index (χ2v) is 4.48. The molecule has 104 valence electrons. The molecule has 2 rings (SSSR count). The zero-order chi connectivity index (χ0) is 14.7. The molecule has 1 N–H and O–H groups in total. The first-order valence-electron chi connectivity index (χ1n) is 5.58. The summed E-state index contributed by atoms with van der Waals surface area (Å²) in [6.07, 6.45) is 0. The highest BCUT2D eigenvalue weighted by Gasteiger charge is 2.10. The number of halogens is 3. The number of nitrogens with zero attached hydrogens (tertiary/aromatic N) is 1. The Morgan fingerprint density at radius 1 is 1.20 bits per heavy atom. The Balaban J connectivity index is 2.16. The minimum atomic E-state index is -0.738. The normalized spacial score (nSPS) is 10.3. The van der Waals surface area contributed by atoms with E-state index in [0.29, 0.717) is 5.56 Å². The highest BCUT2D eigenvalue weighted by atomic mass is 35.5. The van der Waals surface area contributed by atoms with Gasteiger partial charge in [-0.2, -0.15) is 0 Å². The van der Waals surface area contributed by atoms with Crippen molar-refractivity contribution in [2.45, 2.75) is 6.54 Å². The maximum Gasteiger partial charge on any atom is 0.274 e. The lowest BCUT2D eigenvalue weighted by Gasteiger charge is -2.08. The molecule has 0 bridgehead atoms. The fraction of sp³-hybridized carbons (Fsp3) is 0.0769. The van der Waals surface area contributed by atoms with Crippen LogP contribution in [-0.4, -0.2) is 4.92 Å². The summed E-state index contributed by atoms with van der Waals surface area (Å²) in [7, 11) is 0. The van der Waals surface area contributed by atoms with E-state index in [4.69, 9.17) is 11.6 Å². The number of nitro benzene ring substituents is 1. The SMILES string of the molecule is O=[N+]([O-])c1cc(F)cc(NCc2ccc(Cl)cc2F)c1. The number of anilines is 1. The largest absolute Gasteiger partial charge is 0.381 e. The Hall–Kier alpha value is -2.21. The molecular formula is C13H9ClF2N2O2. The predicted octanol–water partition coefficient (Wildman–Crippen LogP) is 4.14. The van der Waals surface area contributed by atoms with Gasteiger partial charge in [0.1, 0.15) is 11.6 Å². The molecule has 0 amide bonds. The van der Waals surface area contributed by atoms with Crippen LogP contribution >= 0.6 is 11.6 Å². The molecule has 2 aromatic carbocycles. The van der Waals surface area contributed by atoms with Crippen LogP contribution in [0.5, 0.6) is 0 Å². The van der Waals surface area contributed by atoms with Crippen LogP contribution in [0.15, 0.2) is 36.4 Å². The number of nitrogens with one attached hydrogen (secondary N) is 1. The minimum absolute atomic E-state index is 0.0591. The van der Waals surface area contributed by atoms with Gasteiger partial charge in [0, 0.05) is 28.9 Å². The van der Waals surface area contributed by atoms with Crippen LogP contribution in [0.3, 0.4) is 0 Å². The molecule has 0 spiro atoms. The fourth-order valence-corrected chi connectivity index (χ4v) is 1.80. The highest BCUT2D eigenvalue weighted by molar-refractivity contribution is 6.30.